The van der Waals surface area contributed by atoms with E-state index in [9.17, 15) is 4.79 Å². The number of hydrogen-bond acceptors (Lipinski definition) is 3. The van der Waals surface area contributed by atoms with Crippen LogP contribution >= 0.6 is 11.8 Å². The van der Waals surface area contributed by atoms with Crippen LogP contribution in [-0.2, 0) is 4.79 Å². The van der Waals surface area contributed by atoms with Gasteiger partial charge < -0.3 is 10.6 Å². The minimum Gasteiger partial charge on any atom is -0.339 e. The van der Waals surface area contributed by atoms with E-state index in [0.717, 1.165) is 13.0 Å². The van der Waals surface area contributed by atoms with E-state index in [1.54, 1.807) is 11.8 Å². The van der Waals surface area contributed by atoms with Crippen molar-refractivity contribution < 1.29 is 4.79 Å². The van der Waals surface area contributed by atoms with Gasteiger partial charge in [-0.1, -0.05) is 18.2 Å². The van der Waals surface area contributed by atoms with Crippen LogP contribution in [0.1, 0.15) is 18.9 Å². The Labute approximate surface area is 119 Å². The predicted molar refractivity (Wildman–Crippen MR) is 80.2 cm³/mol. The number of nitrogens with zero attached hydrogens (tertiary/aromatic N) is 1. The molecule has 1 aliphatic heterocycles. The van der Waals surface area contributed by atoms with Gasteiger partial charge in [0.15, 0.2) is 0 Å². The number of nitrogens with two attached hydrogens (primary N) is 1. The number of thioether (sulfide) groups is 1. The molecule has 2 atom stereocenters. The van der Waals surface area contributed by atoms with E-state index in [2.05, 4.69) is 26.0 Å². The predicted octanol–water partition coefficient (Wildman–Crippen LogP) is 2.28. The van der Waals surface area contributed by atoms with E-state index < -0.39 is 0 Å². The minimum atomic E-state index is 0.233. The van der Waals surface area contributed by atoms with E-state index in [-0.39, 0.29) is 5.91 Å². The fourth-order valence-corrected chi connectivity index (χ4v) is 3.52. The van der Waals surface area contributed by atoms with E-state index in [1.807, 2.05) is 17.0 Å². The number of likely N-dealkylation sites (tertiary alicyclic amines) is 1. The molecule has 0 aliphatic carbocycles. The van der Waals surface area contributed by atoms with Crippen LogP contribution in [0.25, 0.3) is 0 Å². The third-order valence-corrected chi connectivity index (χ3v) is 4.92. The molecule has 1 aliphatic rings. The van der Waals surface area contributed by atoms with Crippen molar-refractivity contribution in [3.8, 4) is 0 Å². The van der Waals surface area contributed by atoms with Crippen molar-refractivity contribution in [3.05, 3.63) is 29.8 Å². The summed E-state index contributed by atoms with van der Waals surface area (Å²) in [7, 11) is 0. The molecule has 1 amide bonds. The first-order valence-electron chi connectivity index (χ1n) is 6.79. The van der Waals surface area contributed by atoms with Gasteiger partial charge in [0.1, 0.15) is 0 Å². The molecule has 19 heavy (non-hydrogen) atoms. The number of benzene rings is 1. The first-order valence-corrected chi connectivity index (χ1v) is 7.78. The van der Waals surface area contributed by atoms with Gasteiger partial charge in [0.25, 0.3) is 0 Å². The molecule has 2 unspecified atom stereocenters. The Bertz CT molecular complexity index is 450. The van der Waals surface area contributed by atoms with Crippen LogP contribution in [0.15, 0.2) is 29.2 Å². The van der Waals surface area contributed by atoms with E-state index in [4.69, 9.17) is 5.73 Å². The maximum atomic E-state index is 12.3. The van der Waals surface area contributed by atoms with Crippen molar-refractivity contribution in [1.82, 2.24) is 4.90 Å². The van der Waals surface area contributed by atoms with Crippen molar-refractivity contribution in [2.45, 2.75) is 31.2 Å². The molecule has 1 fully saturated rings. The first kappa shape index (κ1) is 14.4. The highest BCUT2D eigenvalue weighted by atomic mass is 32.2. The Balaban J connectivity index is 1.90. The minimum absolute atomic E-state index is 0.233. The molecule has 1 saturated heterocycles. The molecule has 0 spiro atoms. The van der Waals surface area contributed by atoms with Crippen LogP contribution < -0.4 is 5.73 Å². The van der Waals surface area contributed by atoms with E-state index >= 15 is 0 Å². The summed E-state index contributed by atoms with van der Waals surface area (Å²) in [6, 6.07) is 8.52. The summed E-state index contributed by atoms with van der Waals surface area (Å²) in [4.78, 5) is 15.4. The monoisotopic (exact) mass is 278 g/mol. The summed E-state index contributed by atoms with van der Waals surface area (Å²) in [5.74, 6) is 1.23. The van der Waals surface area contributed by atoms with Gasteiger partial charge in [-0.2, -0.15) is 0 Å². The van der Waals surface area contributed by atoms with Crippen molar-refractivity contribution in [3.63, 3.8) is 0 Å². The number of amides is 1. The third kappa shape index (κ3) is 3.51. The molecule has 0 aromatic heterocycles. The molecule has 0 saturated carbocycles. The second kappa shape index (κ2) is 6.44. The van der Waals surface area contributed by atoms with Gasteiger partial charge in [-0.15, -0.1) is 11.8 Å². The van der Waals surface area contributed by atoms with Crippen LogP contribution in [-0.4, -0.2) is 35.7 Å². The van der Waals surface area contributed by atoms with Crippen molar-refractivity contribution >= 4 is 17.7 Å². The maximum Gasteiger partial charge on any atom is 0.233 e. The fraction of sp³-hybridized carbons (Fsp3) is 0.533. The van der Waals surface area contributed by atoms with Gasteiger partial charge in [-0.05, 0) is 44.4 Å². The van der Waals surface area contributed by atoms with Gasteiger partial charge >= 0.3 is 0 Å². The third-order valence-electron chi connectivity index (χ3n) is 3.76. The topological polar surface area (TPSA) is 46.3 Å². The molecule has 104 valence electrons. The molecular weight excluding hydrogens is 256 g/mol. The number of hydrogen-bond donors (Lipinski definition) is 1. The number of aryl methyl sites for hydroxylation is 1. The zero-order valence-corrected chi connectivity index (χ0v) is 12.5. The molecule has 1 aromatic carbocycles. The maximum absolute atomic E-state index is 12.3. The molecular formula is C15H22N2OS. The summed E-state index contributed by atoms with van der Waals surface area (Å²) < 4.78 is 0. The van der Waals surface area contributed by atoms with Gasteiger partial charge in [0.2, 0.25) is 5.91 Å². The van der Waals surface area contributed by atoms with Crippen molar-refractivity contribution in [1.29, 1.82) is 0 Å². The lowest BCUT2D eigenvalue weighted by Gasteiger charge is -2.21. The quantitative estimate of drug-likeness (QED) is 0.860. The highest BCUT2D eigenvalue weighted by Gasteiger charge is 2.31. The molecule has 0 bridgehead atoms. The zero-order valence-electron chi connectivity index (χ0n) is 11.6. The van der Waals surface area contributed by atoms with Crippen LogP contribution in [0.4, 0.5) is 0 Å². The molecule has 3 nitrogen and oxygen atoms in total. The smallest absolute Gasteiger partial charge is 0.233 e. The highest BCUT2D eigenvalue weighted by molar-refractivity contribution is 8.00. The number of carbonyl (C=O) groups is 1. The SMILES string of the molecule is Cc1ccccc1SCC(=O)N1CC(CN)CC1C. The standard InChI is InChI=1S/C15H22N2OS/c1-11-5-3-4-6-14(11)19-10-15(18)17-9-13(8-16)7-12(17)2/h3-6,12-13H,7-10,16H2,1-2H3. The Morgan fingerprint density at radius 2 is 2.21 bits per heavy atom. The van der Waals surface area contributed by atoms with Gasteiger partial charge in [-0.3, -0.25) is 4.79 Å². The van der Waals surface area contributed by atoms with Crippen molar-refractivity contribution in [2.75, 3.05) is 18.8 Å². The van der Waals surface area contributed by atoms with E-state index in [1.165, 1.54) is 10.5 Å². The fourth-order valence-electron chi connectivity index (χ4n) is 2.60. The Hall–Kier alpha value is -1.00. The van der Waals surface area contributed by atoms with Gasteiger partial charge in [-0.25, -0.2) is 0 Å². The molecule has 2 N–H and O–H groups in total. The van der Waals surface area contributed by atoms with E-state index in [0.29, 0.717) is 24.3 Å². The second-order valence-corrected chi connectivity index (χ2v) is 6.30. The van der Waals surface area contributed by atoms with Crippen LogP contribution in [0.2, 0.25) is 0 Å². The second-order valence-electron chi connectivity index (χ2n) is 5.29. The zero-order chi connectivity index (χ0) is 13.8. The Morgan fingerprint density at radius 1 is 1.47 bits per heavy atom. The first-order chi connectivity index (χ1) is 9.11. The van der Waals surface area contributed by atoms with Crippen molar-refractivity contribution in [2.24, 2.45) is 11.7 Å². The lowest BCUT2D eigenvalue weighted by atomic mass is 10.1. The Morgan fingerprint density at radius 3 is 2.84 bits per heavy atom. The van der Waals surface area contributed by atoms with Gasteiger partial charge in [0.05, 0.1) is 5.75 Å². The summed E-state index contributed by atoms with van der Waals surface area (Å²) in [5.41, 5.74) is 6.93. The Kier molecular flexibility index (Phi) is 4.88. The summed E-state index contributed by atoms with van der Waals surface area (Å²) in [6.07, 6.45) is 1.04. The average Bonchev–Trinajstić information content (AvgIpc) is 2.79. The van der Waals surface area contributed by atoms with Gasteiger partial charge in [0, 0.05) is 17.5 Å². The normalized spacial score (nSPS) is 22.8. The number of carbonyl (C=O) groups excluding carboxylic acids is 1. The summed E-state index contributed by atoms with van der Waals surface area (Å²) in [5, 5.41) is 0. The summed E-state index contributed by atoms with van der Waals surface area (Å²) in [6.45, 7) is 5.70. The molecule has 1 heterocycles. The molecule has 1 aromatic rings. The van der Waals surface area contributed by atoms with Crippen LogP contribution in [0.5, 0.6) is 0 Å². The molecule has 4 heteroatoms. The molecule has 0 radical (unpaired) electrons. The number of rotatable bonds is 4. The lowest BCUT2D eigenvalue weighted by molar-refractivity contribution is -0.128. The largest absolute Gasteiger partial charge is 0.339 e. The summed E-state index contributed by atoms with van der Waals surface area (Å²) >= 11 is 1.63. The molecule has 2 rings (SSSR count). The van der Waals surface area contributed by atoms with Crippen LogP contribution in [0.3, 0.4) is 0 Å². The highest BCUT2D eigenvalue weighted by Crippen LogP contribution is 2.26. The van der Waals surface area contributed by atoms with Crippen LogP contribution in [0, 0.1) is 12.8 Å². The average molecular weight is 278 g/mol. The lowest BCUT2D eigenvalue weighted by Crippen LogP contribution is -2.35.